The number of hydrogen-bond donors (Lipinski definition) is 3. The molecule has 3 atom stereocenters. The van der Waals surface area contributed by atoms with Gasteiger partial charge in [-0.25, -0.2) is 23.5 Å². The summed E-state index contributed by atoms with van der Waals surface area (Å²) in [4.78, 5) is 35.8. The number of imide groups is 1. The summed E-state index contributed by atoms with van der Waals surface area (Å²) in [6.07, 6.45) is -0.678. The molecule has 13 heteroatoms. The number of aromatic nitrogens is 2. The fraction of sp³-hybridized carbons (Fsp3) is 0.270. The van der Waals surface area contributed by atoms with E-state index < -0.39 is 35.6 Å². The van der Waals surface area contributed by atoms with Crippen molar-refractivity contribution >= 4 is 52.1 Å². The number of carbonyl (C=O) groups excluding carboxylic acids is 2. The van der Waals surface area contributed by atoms with Crippen LogP contribution in [-0.2, 0) is 20.7 Å². The van der Waals surface area contributed by atoms with Gasteiger partial charge in [0.25, 0.3) is 5.91 Å². The molecule has 50 heavy (non-hydrogen) atoms. The second kappa shape index (κ2) is 16.1. The number of nitrogens with one attached hydrogen (secondary N) is 2. The normalized spacial score (nSPS) is 16.8. The molecule has 1 aromatic heterocycles. The molecule has 2 heterocycles. The van der Waals surface area contributed by atoms with Crippen LogP contribution in [0.5, 0.6) is 0 Å². The molecule has 0 bridgehead atoms. The number of benzene rings is 4. The molecule has 4 aromatic carbocycles. The van der Waals surface area contributed by atoms with Crippen LogP contribution in [0.3, 0.4) is 0 Å². The molecular formula is C37H36ClF2N5O4S. The minimum absolute atomic E-state index is 0.0206. The maximum atomic E-state index is 15.8. The van der Waals surface area contributed by atoms with Crippen molar-refractivity contribution < 1.29 is 27.8 Å². The first-order valence-electron chi connectivity index (χ1n) is 16.1. The molecular weight excluding hydrogens is 684 g/mol. The predicted molar refractivity (Wildman–Crippen MR) is 191 cm³/mol. The van der Waals surface area contributed by atoms with Crippen molar-refractivity contribution in [3.63, 3.8) is 0 Å². The fourth-order valence-corrected chi connectivity index (χ4v) is 7.24. The van der Waals surface area contributed by atoms with Crippen LogP contribution in [-0.4, -0.2) is 66.2 Å². The molecule has 0 aliphatic carbocycles. The largest absolute Gasteiger partial charge is 0.452 e. The molecule has 0 saturated carbocycles. The fourth-order valence-electron chi connectivity index (χ4n) is 6.19. The average molecular weight is 720 g/mol. The molecule has 5 aromatic rings. The van der Waals surface area contributed by atoms with Gasteiger partial charge < -0.3 is 25.5 Å². The van der Waals surface area contributed by atoms with Crippen molar-refractivity contribution in [2.75, 3.05) is 30.9 Å². The molecule has 1 fully saturated rings. The van der Waals surface area contributed by atoms with Gasteiger partial charge in [-0.05, 0) is 41.7 Å². The molecule has 2 amide bonds. The minimum atomic E-state index is -1.25. The van der Waals surface area contributed by atoms with Crippen LogP contribution in [0.1, 0.15) is 29.0 Å². The summed E-state index contributed by atoms with van der Waals surface area (Å²) in [5, 5.41) is 4.02. The number of carbonyl (C=O) groups is 2. The highest BCUT2D eigenvalue weighted by Gasteiger charge is 2.37. The predicted octanol–water partition coefficient (Wildman–Crippen LogP) is 6.84. The number of halogens is 3. The Hall–Kier alpha value is -4.33. The highest BCUT2D eigenvalue weighted by atomic mass is 35.5. The van der Waals surface area contributed by atoms with E-state index in [9.17, 15) is 14.0 Å². The van der Waals surface area contributed by atoms with Gasteiger partial charge in [0.05, 0.1) is 47.1 Å². The van der Waals surface area contributed by atoms with E-state index in [1.165, 1.54) is 36.0 Å². The van der Waals surface area contributed by atoms with Gasteiger partial charge >= 0.3 is 6.09 Å². The summed E-state index contributed by atoms with van der Waals surface area (Å²) in [5.74, 6) is -2.14. The van der Waals surface area contributed by atoms with E-state index in [0.29, 0.717) is 53.4 Å². The Kier molecular flexibility index (Phi) is 11.5. The van der Waals surface area contributed by atoms with Crippen molar-refractivity contribution in [3.05, 3.63) is 124 Å². The van der Waals surface area contributed by atoms with Gasteiger partial charge in [0.15, 0.2) is 5.16 Å². The number of para-hydroxylation sites is 1. The number of nitrogens with zero attached hydrogens (tertiary/aromatic N) is 2. The van der Waals surface area contributed by atoms with Gasteiger partial charge in [0, 0.05) is 30.8 Å². The van der Waals surface area contributed by atoms with Gasteiger partial charge in [0.2, 0.25) is 0 Å². The van der Waals surface area contributed by atoms with Crippen molar-refractivity contribution in [1.82, 2.24) is 15.3 Å². The molecule has 6 rings (SSSR count). The van der Waals surface area contributed by atoms with E-state index in [-0.39, 0.29) is 22.9 Å². The van der Waals surface area contributed by atoms with Crippen LogP contribution in [0.2, 0.25) is 5.02 Å². The number of morpholine rings is 1. The number of thioether (sulfide) groups is 1. The lowest BCUT2D eigenvalue weighted by Crippen LogP contribution is -2.50. The molecule has 260 valence electrons. The number of anilines is 1. The molecule has 1 aliphatic heterocycles. The summed E-state index contributed by atoms with van der Waals surface area (Å²) >= 11 is 7.35. The van der Waals surface area contributed by atoms with Gasteiger partial charge in [-0.3, -0.25) is 4.79 Å². The number of amides is 2. The van der Waals surface area contributed by atoms with Crippen LogP contribution in [0, 0.1) is 11.6 Å². The second-order valence-electron chi connectivity index (χ2n) is 11.9. The van der Waals surface area contributed by atoms with Gasteiger partial charge in [0.1, 0.15) is 11.6 Å². The van der Waals surface area contributed by atoms with E-state index in [1.807, 2.05) is 60.7 Å². The first-order valence-corrected chi connectivity index (χ1v) is 17.5. The van der Waals surface area contributed by atoms with Crippen molar-refractivity contribution in [1.29, 1.82) is 0 Å². The van der Waals surface area contributed by atoms with Gasteiger partial charge in [-0.15, -0.1) is 0 Å². The standard InChI is InChI=1S/C37H36ClF2N5O4S/c1-48-37(47)45(35(46)33(41)32(22-9-4-2-5-10-22)23-11-6-3-7-12-23)34-24(13-8-14-28(34)39)15-16-25-19-42-20-26(49-25)21-50-36-43-30-17-27(38)29(40)18-31(30)44-36/h2-14,17-18,25-26,32-33,42H,15-16,19-21,41H2,1H3,(H,43,44)/t25-,26+,33+/m1/s1. The van der Waals surface area contributed by atoms with Gasteiger partial charge in [-0.1, -0.05) is 96.2 Å². The molecule has 1 aliphatic rings. The highest BCUT2D eigenvalue weighted by molar-refractivity contribution is 7.99. The average Bonchev–Trinajstić information content (AvgIpc) is 3.53. The molecule has 1 saturated heterocycles. The van der Waals surface area contributed by atoms with Crippen LogP contribution in [0.15, 0.2) is 96.2 Å². The number of ether oxygens (including phenoxy) is 2. The third kappa shape index (κ3) is 8.00. The minimum Gasteiger partial charge on any atom is -0.452 e. The Morgan fingerprint density at radius 2 is 1.68 bits per heavy atom. The molecule has 9 nitrogen and oxygen atoms in total. The number of aromatic amines is 1. The number of imidazole rings is 1. The number of rotatable bonds is 11. The lowest BCUT2D eigenvalue weighted by Gasteiger charge is -2.32. The third-order valence-electron chi connectivity index (χ3n) is 8.61. The van der Waals surface area contributed by atoms with E-state index in [0.717, 1.165) is 23.1 Å². The molecule has 4 N–H and O–H groups in total. The lowest BCUT2D eigenvalue weighted by atomic mass is 9.84. The number of fused-ring (bicyclic) bond motifs is 1. The number of nitrogens with two attached hydrogens (primary N) is 1. The first-order chi connectivity index (χ1) is 24.2. The highest BCUT2D eigenvalue weighted by Crippen LogP contribution is 2.33. The van der Waals surface area contributed by atoms with E-state index in [4.69, 9.17) is 26.8 Å². The third-order valence-corrected chi connectivity index (χ3v) is 9.90. The van der Waals surface area contributed by atoms with Crippen molar-refractivity contribution in [2.24, 2.45) is 5.73 Å². The Morgan fingerprint density at radius 3 is 2.36 bits per heavy atom. The number of methoxy groups -OCH3 is 1. The quantitative estimate of drug-likeness (QED) is 0.127. The lowest BCUT2D eigenvalue weighted by molar-refractivity contribution is -0.119. The summed E-state index contributed by atoms with van der Waals surface area (Å²) in [6, 6.07) is 24.5. The number of hydrogen-bond acceptors (Lipinski definition) is 8. The zero-order chi connectivity index (χ0) is 35.2. The maximum absolute atomic E-state index is 15.8. The van der Waals surface area contributed by atoms with Crippen LogP contribution >= 0.6 is 23.4 Å². The van der Waals surface area contributed by atoms with Crippen molar-refractivity contribution in [3.8, 4) is 0 Å². The van der Waals surface area contributed by atoms with E-state index in [1.54, 1.807) is 6.07 Å². The Bertz CT molecular complexity index is 1870. The number of aryl methyl sites for hydroxylation is 1. The molecule has 0 unspecified atom stereocenters. The number of H-pyrrole nitrogens is 1. The topological polar surface area (TPSA) is 123 Å². The molecule has 0 spiro atoms. The SMILES string of the molecule is COC(=O)N(C(=O)[C@@H](N)C(c1ccccc1)c1ccccc1)c1c(F)cccc1CC[C@@H]1CNC[C@@H](CSc2nc3cc(F)c(Cl)cc3[nH]2)O1. The van der Waals surface area contributed by atoms with Crippen LogP contribution < -0.4 is 16.0 Å². The summed E-state index contributed by atoms with van der Waals surface area (Å²) in [7, 11) is 1.14. The second-order valence-corrected chi connectivity index (χ2v) is 13.3. The monoisotopic (exact) mass is 719 g/mol. The zero-order valence-corrected chi connectivity index (χ0v) is 28.7. The Labute approximate surface area is 297 Å². The molecule has 0 radical (unpaired) electrons. The van der Waals surface area contributed by atoms with Gasteiger partial charge in [-0.2, -0.15) is 0 Å². The Balaban J connectivity index is 1.17. The summed E-state index contributed by atoms with van der Waals surface area (Å²) < 4.78 is 41.0. The van der Waals surface area contributed by atoms with Crippen molar-refractivity contribution in [2.45, 2.75) is 42.2 Å². The van der Waals surface area contributed by atoms with Crippen LogP contribution in [0.4, 0.5) is 19.3 Å². The summed E-state index contributed by atoms with van der Waals surface area (Å²) in [6.45, 7) is 1.18. The smallest absolute Gasteiger partial charge is 0.421 e. The van der Waals surface area contributed by atoms with Crippen LogP contribution in [0.25, 0.3) is 11.0 Å². The first kappa shape index (κ1) is 35.5. The zero-order valence-electron chi connectivity index (χ0n) is 27.2. The summed E-state index contributed by atoms with van der Waals surface area (Å²) in [5.41, 5.74) is 9.58. The van der Waals surface area contributed by atoms with E-state index >= 15 is 4.39 Å². The van der Waals surface area contributed by atoms with E-state index in [2.05, 4.69) is 15.3 Å². The maximum Gasteiger partial charge on any atom is 0.421 e. The Morgan fingerprint density at radius 1 is 1.00 bits per heavy atom.